The molecule has 0 fully saturated rings. The van der Waals surface area contributed by atoms with Crippen molar-refractivity contribution in [3.63, 3.8) is 0 Å². The SMILES string of the molecule is C=C(Cc1ccc(CC)cc1)CC(C)C(=C)C.CCCCCCC. The first-order valence-corrected chi connectivity index (χ1v) is 9.84. The normalized spacial score (nSPS) is 11.4. The summed E-state index contributed by atoms with van der Waals surface area (Å²) in [6, 6.07) is 8.86. The predicted octanol–water partition coefficient (Wildman–Crippen LogP) is 7.93. The molecule has 0 heteroatoms. The number of benzene rings is 1. The lowest BCUT2D eigenvalue weighted by Gasteiger charge is -2.13. The summed E-state index contributed by atoms with van der Waals surface area (Å²) in [5, 5.41) is 0. The fourth-order valence-corrected chi connectivity index (χ4v) is 2.54. The van der Waals surface area contributed by atoms with Crippen LogP contribution in [0.15, 0.2) is 48.6 Å². The first kappa shape index (κ1) is 22.7. The van der Waals surface area contributed by atoms with Gasteiger partial charge in [-0.15, -0.1) is 0 Å². The Hall–Kier alpha value is -1.30. The van der Waals surface area contributed by atoms with E-state index in [1.54, 1.807) is 0 Å². The molecule has 0 radical (unpaired) electrons. The molecule has 1 unspecified atom stereocenters. The number of hydrogen-bond donors (Lipinski definition) is 0. The Morgan fingerprint density at radius 3 is 1.79 bits per heavy atom. The van der Waals surface area contributed by atoms with Gasteiger partial charge in [-0.3, -0.25) is 0 Å². The second kappa shape index (κ2) is 14.1. The first-order valence-electron chi connectivity index (χ1n) is 9.84. The van der Waals surface area contributed by atoms with Gasteiger partial charge < -0.3 is 0 Å². The summed E-state index contributed by atoms with van der Waals surface area (Å²) in [7, 11) is 0. The van der Waals surface area contributed by atoms with Gasteiger partial charge in [-0.05, 0) is 43.2 Å². The third-order valence-corrected chi connectivity index (χ3v) is 4.53. The van der Waals surface area contributed by atoms with E-state index in [0.29, 0.717) is 5.92 Å². The molecule has 0 N–H and O–H groups in total. The lowest BCUT2D eigenvalue weighted by atomic mass is 9.92. The van der Waals surface area contributed by atoms with Gasteiger partial charge in [0.25, 0.3) is 0 Å². The Morgan fingerprint density at radius 1 is 0.875 bits per heavy atom. The summed E-state index contributed by atoms with van der Waals surface area (Å²) in [5.41, 5.74) is 5.30. The van der Waals surface area contributed by atoms with Crippen molar-refractivity contribution >= 4 is 0 Å². The largest absolute Gasteiger partial charge is 0.0999 e. The van der Waals surface area contributed by atoms with Gasteiger partial charge in [0.2, 0.25) is 0 Å². The highest BCUT2D eigenvalue weighted by atomic mass is 14.1. The zero-order chi connectivity index (χ0) is 18.4. The Labute approximate surface area is 152 Å². The molecule has 0 aliphatic heterocycles. The Morgan fingerprint density at radius 2 is 1.38 bits per heavy atom. The van der Waals surface area contributed by atoms with E-state index in [0.717, 1.165) is 19.3 Å². The van der Waals surface area contributed by atoms with Crippen LogP contribution in [0.25, 0.3) is 0 Å². The van der Waals surface area contributed by atoms with Gasteiger partial charge in [-0.1, -0.05) is 108 Å². The molecule has 1 rings (SSSR count). The molecule has 0 spiro atoms. The minimum atomic E-state index is 0.539. The zero-order valence-corrected chi connectivity index (χ0v) is 17.0. The molecule has 0 saturated heterocycles. The van der Waals surface area contributed by atoms with Crippen LogP contribution in [-0.2, 0) is 12.8 Å². The van der Waals surface area contributed by atoms with Crippen molar-refractivity contribution in [2.24, 2.45) is 5.92 Å². The topological polar surface area (TPSA) is 0 Å². The van der Waals surface area contributed by atoms with Crippen molar-refractivity contribution in [2.45, 2.75) is 86.0 Å². The van der Waals surface area contributed by atoms with E-state index in [1.165, 1.54) is 54.4 Å². The van der Waals surface area contributed by atoms with Crippen LogP contribution < -0.4 is 0 Å². The summed E-state index contributed by atoms with van der Waals surface area (Å²) < 4.78 is 0. The highest BCUT2D eigenvalue weighted by Crippen LogP contribution is 2.20. The summed E-state index contributed by atoms with van der Waals surface area (Å²) in [4.78, 5) is 0. The molecule has 0 amide bonds. The second-order valence-corrected chi connectivity index (χ2v) is 7.11. The summed E-state index contributed by atoms with van der Waals surface area (Å²) >= 11 is 0. The quantitative estimate of drug-likeness (QED) is 0.302. The molecule has 0 saturated carbocycles. The standard InChI is InChI=1S/C17H24.C7H16/c1-6-16-7-9-17(10-8-16)12-14(4)11-15(5)13(2)3;1-3-5-7-6-4-2/h7-10,15H,2,4,6,11-12H2,1,3,5H3;3-7H2,1-2H3. The molecule has 0 bridgehead atoms. The number of allylic oxidation sites excluding steroid dienone is 2. The smallest absolute Gasteiger partial charge is 0.00696 e. The third-order valence-electron chi connectivity index (χ3n) is 4.53. The fourth-order valence-electron chi connectivity index (χ4n) is 2.54. The molecule has 1 atom stereocenters. The van der Waals surface area contributed by atoms with Crippen LogP contribution in [0.4, 0.5) is 0 Å². The van der Waals surface area contributed by atoms with Crippen molar-refractivity contribution in [1.29, 1.82) is 0 Å². The highest BCUT2D eigenvalue weighted by molar-refractivity contribution is 5.26. The van der Waals surface area contributed by atoms with E-state index in [2.05, 4.69) is 72.0 Å². The van der Waals surface area contributed by atoms with E-state index in [-0.39, 0.29) is 0 Å². The highest BCUT2D eigenvalue weighted by Gasteiger charge is 2.05. The molecule has 1 aromatic carbocycles. The molecule has 136 valence electrons. The molecule has 24 heavy (non-hydrogen) atoms. The van der Waals surface area contributed by atoms with E-state index < -0.39 is 0 Å². The van der Waals surface area contributed by atoms with Gasteiger partial charge in [0.05, 0.1) is 0 Å². The van der Waals surface area contributed by atoms with Crippen molar-refractivity contribution < 1.29 is 0 Å². The van der Waals surface area contributed by atoms with Crippen LogP contribution in [0.1, 0.15) is 84.3 Å². The zero-order valence-electron chi connectivity index (χ0n) is 17.0. The molecule has 0 nitrogen and oxygen atoms in total. The van der Waals surface area contributed by atoms with Crippen LogP contribution in [0.2, 0.25) is 0 Å². The predicted molar refractivity (Wildman–Crippen MR) is 112 cm³/mol. The number of rotatable bonds is 10. The molecule has 0 aromatic heterocycles. The lowest BCUT2D eigenvalue weighted by molar-refractivity contribution is 0.656. The summed E-state index contributed by atoms with van der Waals surface area (Å²) in [6.07, 6.45) is 10.1. The third kappa shape index (κ3) is 11.3. The van der Waals surface area contributed by atoms with E-state index in [9.17, 15) is 0 Å². The molecule has 0 aliphatic carbocycles. The Balaban J connectivity index is 0.000000640. The first-order chi connectivity index (χ1) is 11.4. The summed E-state index contributed by atoms with van der Waals surface area (Å²) in [6.45, 7) is 19.2. The van der Waals surface area contributed by atoms with Crippen LogP contribution >= 0.6 is 0 Å². The van der Waals surface area contributed by atoms with E-state index in [1.807, 2.05) is 0 Å². The van der Waals surface area contributed by atoms with Gasteiger partial charge in [0.1, 0.15) is 0 Å². The fraction of sp³-hybridized carbons (Fsp3) is 0.583. The molecule has 0 heterocycles. The average molecular weight is 329 g/mol. The number of unbranched alkanes of at least 4 members (excludes halogenated alkanes) is 4. The van der Waals surface area contributed by atoms with Crippen molar-refractivity contribution in [3.05, 3.63) is 59.7 Å². The van der Waals surface area contributed by atoms with Crippen LogP contribution in [0.3, 0.4) is 0 Å². The van der Waals surface area contributed by atoms with Gasteiger partial charge >= 0.3 is 0 Å². The lowest BCUT2D eigenvalue weighted by Crippen LogP contribution is -1.99. The second-order valence-electron chi connectivity index (χ2n) is 7.11. The number of aryl methyl sites for hydroxylation is 1. The van der Waals surface area contributed by atoms with Crippen LogP contribution in [0.5, 0.6) is 0 Å². The van der Waals surface area contributed by atoms with E-state index in [4.69, 9.17) is 0 Å². The number of hydrogen-bond acceptors (Lipinski definition) is 0. The maximum atomic E-state index is 4.17. The molecular weight excluding hydrogens is 288 g/mol. The van der Waals surface area contributed by atoms with Crippen molar-refractivity contribution in [1.82, 2.24) is 0 Å². The maximum Gasteiger partial charge on any atom is -0.00696 e. The van der Waals surface area contributed by atoms with Gasteiger partial charge in [-0.25, -0.2) is 0 Å². The minimum Gasteiger partial charge on any atom is -0.0999 e. The average Bonchev–Trinajstić information content (AvgIpc) is 2.56. The molecular formula is C24H40. The van der Waals surface area contributed by atoms with Crippen LogP contribution in [-0.4, -0.2) is 0 Å². The maximum absolute atomic E-state index is 4.17. The molecule has 0 aliphatic rings. The minimum absolute atomic E-state index is 0.539. The van der Waals surface area contributed by atoms with Crippen molar-refractivity contribution in [2.75, 3.05) is 0 Å². The van der Waals surface area contributed by atoms with Crippen LogP contribution in [0, 0.1) is 5.92 Å². The molecule has 1 aromatic rings. The van der Waals surface area contributed by atoms with Crippen molar-refractivity contribution in [3.8, 4) is 0 Å². The van der Waals surface area contributed by atoms with E-state index >= 15 is 0 Å². The summed E-state index contributed by atoms with van der Waals surface area (Å²) in [5.74, 6) is 0.539. The van der Waals surface area contributed by atoms with Gasteiger partial charge in [0, 0.05) is 0 Å². The van der Waals surface area contributed by atoms with Gasteiger partial charge in [0.15, 0.2) is 0 Å². The Bertz CT molecular complexity index is 445. The van der Waals surface area contributed by atoms with Gasteiger partial charge in [-0.2, -0.15) is 0 Å². The Kier molecular flexibility index (Phi) is 13.3. The monoisotopic (exact) mass is 328 g/mol.